The Morgan fingerprint density at radius 2 is 1.91 bits per heavy atom. The van der Waals surface area contributed by atoms with Crippen LogP contribution in [0.2, 0.25) is 0 Å². The fourth-order valence-electron chi connectivity index (χ4n) is 3.67. The zero-order valence-corrected chi connectivity index (χ0v) is 18.5. The molecule has 1 fully saturated rings. The summed E-state index contributed by atoms with van der Waals surface area (Å²) in [5, 5.41) is 7.36. The number of benzene rings is 1. The smallest absolute Gasteiger partial charge is 0.294 e. The van der Waals surface area contributed by atoms with Crippen molar-refractivity contribution in [2.75, 3.05) is 0 Å². The van der Waals surface area contributed by atoms with Gasteiger partial charge in [-0.05, 0) is 62.6 Å². The van der Waals surface area contributed by atoms with E-state index in [2.05, 4.69) is 20.4 Å². The molecule has 168 valence electrons. The number of aromatic nitrogens is 4. The third kappa shape index (κ3) is 4.62. The summed E-state index contributed by atoms with van der Waals surface area (Å²) in [5.41, 5.74) is 3.15. The first kappa shape index (κ1) is 20.9. The molecule has 0 saturated heterocycles. The van der Waals surface area contributed by atoms with Crippen LogP contribution in [0.25, 0.3) is 5.78 Å². The number of hydrogen-bond acceptors (Lipinski definition) is 6. The van der Waals surface area contributed by atoms with Gasteiger partial charge >= 0.3 is 0 Å². The van der Waals surface area contributed by atoms with Crippen LogP contribution in [0.5, 0.6) is 0 Å². The normalized spacial score (nSPS) is 13.3. The maximum Gasteiger partial charge on any atom is 0.294 e. The summed E-state index contributed by atoms with van der Waals surface area (Å²) < 4.78 is 7.04. The molecule has 3 aromatic heterocycles. The molecule has 0 unspecified atom stereocenters. The highest BCUT2D eigenvalue weighted by Gasteiger charge is 2.25. The van der Waals surface area contributed by atoms with Crippen molar-refractivity contribution in [1.29, 1.82) is 0 Å². The van der Waals surface area contributed by atoms with E-state index in [4.69, 9.17) is 4.42 Å². The van der Waals surface area contributed by atoms with Crippen molar-refractivity contribution in [2.45, 2.75) is 45.8 Å². The minimum atomic E-state index is -0.329. The average molecular weight is 444 g/mol. The standard InChI is InChI=1S/C24H24N6O3/c1-15-12-16(2)30-24(25-15)27-21(28-30)23(32)29(14-20-4-3-11-33-20)13-17-5-7-18(8-6-17)22(31)26-19-9-10-19/h3-8,11-12,19H,9-10,13-14H2,1-2H3,(H,26,31). The zero-order chi connectivity index (χ0) is 22.9. The van der Waals surface area contributed by atoms with Gasteiger partial charge in [0.15, 0.2) is 0 Å². The van der Waals surface area contributed by atoms with Crippen LogP contribution in [0.3, 0.4) is 0 Å². The van der Waals surface area contributed by atoms with Gasteiger partial charge in [-0.3, -0.25) is 9.59 Å². The molecule has 4 aromatic rings. The van der Waals surface area contributed by atoms with Crippen molar-refractivity contribution in [3.8, 4) is 0 Å². The SMILES string of the molecule is Cc1cc(C)n2nc(C(=O)N(Cc3ccc(C(=O)NC4CC4)cc3)Cc3ccco3)nc2n1. The van der Waals surface area contributed by atoms with Gasteiger partial charge in [0.25, 0.3) is 17.6 Å². The van der Waals surface area contributed by atoms with E-state index in [0.717, 1.165) is 29.8 Å². The second-order valence-corrected chi connectivity index (χ2v) is 8.37. The summed E-state index contributed by atoms with van der Waals surface area (Å²) in [5.74, 6) is 0.713. The highest BCUT2D eigenvalue weighted by atomic mass is 16.3. The molecule has 0 aliphatic heterocycles. The molecule has 5 rings (SSSR count). The Morgan fingerprint density at radius 1 is 1.12 bits per heavy atom. The summed E-state index contributed by atoms with van der Waals surface area (Å²) in [4.78, 5) is 36.0. The van der Waals surface area contributed by atoms with Crippen molar-refractivity contribution < 1.29 is 14.0 Å². The molecular weight excluding hydrogens is 420 g/mol. The molecule has 9 heteroatoms. The van der Waals surface area contributed by atoms with Crippen molar-refractivity contribution in [3.05, 3.63) is 82.8 Å². The third-order valence-electron chi connectivity index (χ3n) is 5.53. The molecule has 9 nitrogen and oxygen atoms in total. The van der Waals surface area contributed by atoms with Crippen LogP contribution in [0, 0.1) is 13.8 Å². The summed E-state index contributed by atoms with van der Waals surface area (Å²) in [6.07, 6.45) is 3.66. The Kier molecular flexibility index (Phi) is 5.37. The first-order valence-electron chi connectivity index (χ1n) is 10.9. The number of aryl methyl sites for hydroxylation is 2. The Bertz CT molecular complexity index is 1310. The number of carbonyl (C=O) groups excluding carboxylic acids is 2. The lowest BCUT2D eigenvalue weighted by atomic mass is 10.1. The summed E-state index contributed by atoms with van der Waals surface area (Å²) in [7, 11) is 0. The van der Waals surface area contributed by atoms with Gasteiger partial charge in [-0.25, -0.2) is 9.50 Å². The fourth-order valence-corrected chi connectivity index (χ4v) is 3.67. The Labute approximate surface area is 190 Å². The van der Waals surface area contributed by atoms with Crippen molar-refractivity contribution in [2.24, 2.45) is 0 Å². The number of fused-ring (bicyclic) bond motifs is 1. The maximum atomic E-state index is 13.4. The molecule has 1 saturated carbocycles. The number of carbonyl (C=O) groups is 2. The first-order chi connectivity index (χ1) is 16.0. The van der Waals surface area contributed by atoms with Gasteiger partial charge < -0.3 is 14.6 Å². The van der Waals surface area contributed by atoms with Crippen LogP contribution >= 0.6 is 0 Å². The summed E-state index contributed by atoms with van der Waals surface area (Å²) >= 11 is 0. The number of amides is 2. The van der Waals surface area contributed by atoms with Crippen molar-refractivity contribution >= 4 is 17.6 Å². The first-order valence-corrected chi connectivity index (χ1v) is 10.9. The lowest BCUT2D eigenvalue weighted by Crippen LogP contribution is -2.31. The average Bonchev–Trinajstić information content (AvgIpc) is 3.27. The van der Waals surface area contributed by atoms with E-state index < -0.39 is 0 Å². The van der Waals surface area contributed by atoms with Gasteiger partial charge in [-0.2, -0.15) is 4.98 Å². The molecule has 2 amide bonds. The van der Waals surface area contributed by atoms with E-state index in [1.54, 1.807) is 33.9 Å². The summed E-state index contributed by atoms with van der Waals surface area (Å²) in [6.45, 7) is 4.34. The van der Waals surface area contributed by atoms with E-state index in [0.29, 0.717) is 29.7 Å². The predicted molar refractivity (Wildman–Crippen MR) is 119 cm³/mol. The lowest BCUT2D eigenvalue weighted by molar-refractivity contribution is 0.0705. The molecule has 1 aliphatic carbocycles. The highest BCUT2D eigenvalue weighted by Crippen LogP contribution is 2.20. The van der Waals surface area contributed by atoms with Crippen LogP contribution in [0.4, 0.5) is 0 Å². The number of hydrogen-bond donors (Lipinski definition) is 1. The molecule has 3 heterocycles. The van der Waals surface area contributed by atoms with Crippen molar-refractivity contribution in [3.63, 3.8) is 0 Å². The second-order valence-electron chi connectivity index (χ2n) is 8.37. The molecule has 1 aliphatic rings. The fraction of sp³-hybridized carbons (Fsp3) is 0.292. The van der Waals surface area contributed by atoms with Crippen LogP contribution in [-0.4, -0.2) is 42.3 Å². The molecule has 0 radical (unpaired) electrons. The minimum Gasteiger partial charge on any atom is -0.467 e. The summed E-state index contributed by atoms with van der Waals surface area (Å²) in [6, 6.07) is 13.1. The van der Waals surface area contributed by atoms with E-state index in [9.17, 15) is 9.59 Å². The monoisotopic (exact) mass is 444 g/mol. The van der Waals surface area contributed by atoms with E-state index in [1.807, 2.05) is 38.1 Å². The van der Waals surface area contributed by atoms with Crippen LogP contribution < -0.4 is 5.32 Å². The zero-order valence-electron chi connectivity index (χ0n) is 18.5. The quantitative estimate of drug-likeness (QED) is 0.470. The third-order valence-corrected chi connectivity index (χ3v) is 5.53. The van der Waals surface area contributed by atoms with Crippen molar-refractivity contribution in [1.82, 2.24) is 29.8 Å². The molecule has 33 heavy (non-hydrogen) atoms. The van der Waals surface area contributed by atoms with Crippen LogP contribution in [0.15, 0.2) is 53.1 Å². The minimum absolute atomic E-state index is 0.0698. The number of nitrogens with zero attached hydrogens (tertiary/aromatic N) is 5. The van der Waals surface area contributed by atoms with E-state index in [1.165, 1.54) is 0 Å². The molecule has 0 bridgehead atoms. The Morgan fingerprint density at radius 3 is 2.61 bits per heavy atom. The van der Waals surface area contributed by atoms with Crippen LogP contribution in [-0.2, 0) is 13.1 Å². The Balaban J connectivity index is 1.39. The number of furan rings is 1. The lowest BCUT2D eigenvalue weighted by Gasteiger charge is -2.20. The molecular formula is C24H24N6O3. The van der Waals surface area contributed by atoms with Gasteiger partial charge in [-0.15, -0.1) is 5.10 Å². The topological polar surface area (TPSA) is 106 Å². The van der Waals surface area contributed by atoms with Gasteiger partial charge in [0.05, 0.1) is 12.8 Å². The largest absolute Gasteiger partial charge is 0.467 e. The van der Waals surface area contributed by atoms with Crippen LogP contribution in [0.1, 0.15) is 56.5 Å². The van der Waals surface area contributed by atoms with Gasteiger partial charge in [0.1, 0.15) is 5.76 Å². The maximum absolute atomic E-state index is 13.4. The second kappa shape index (κ2) is 8.50. The van der Waals surface area contributed by atoms with E-state index in [-0.39, 0.29) is 24.2 Å². The van der Waals surface area contributed by atoms with Gasteiger partial charge in [0.2, 0.25) is 5.82 Å². The Hall–Kier alpha value is -4.01. The van der Waals surface area contributed by atoms with Gasteiger partial charge in [0, 0.05) is 29.5 Å². The predicted octanol–water partition coefficient (Wildman–Crippen LogP) is 3.07. The van der Waals surface area contributed by atoms with E-state index >= 15 is 0 Å². The number of rotatable bonds is 7. The van der Waals surface area contributed by atoms with Gasteiger partial charge in [-0.1, -0.05) is 12.1 Å². The molecule has 0 atom stereocenters. The number of nitrogens with one attached hydrogen (secondary N) is 1. The molecule has 1 aromatic carbocycles. The molecule has 1 N–H and O–H groups in total. The molecule has 0 spiro atoms. The highest BCUT2D eigenvalue weighted by molar-refractivity contribution is 5.94.